The van der Waals surface area contributed by atoms with Gasteiger partial charge in [0, 0.05) is 35.2 Å². The van der Waals surface area contributed by atoms with Crippen LogP contribution in [0.25, 0.3) is 0 Å². The Kier molecular flexibility index (Phi) is 4.24. The van der Waals surface area contributed by atoms with E-state index in [1.165, 1.54) is 5.56 Å². The number of nitrogens with one attached hydrogen (secondary N) is 2. The van der Waals surface area contributed by atoms with E-state index < -0.39 is 0 Å². The fraction of sp³-hybridized carbons (Fsp3) is 0.250. The highest BCUT2D eigenvalue weighted by Crippen LogP contribution is 2.32. The maximum atomic E-state index is 13.0. The Labute approximate surface area is 152 Å². The molecule has 5 heteroatoms. The van der Waals surface area contributed by atoms with Crippen LogP contribution >= 0.6 is 11.6 Å². The van der Waals surface area contributed by atoms with Gasteiger partial charge in [-0.1, -0.05) is 54.1 Å². The second kappa shape index (κ2) is 6.54. The Balaban J connectivity index is 1.59. The van der Waals surface area contributed by atoms with Crippen LogP contribution in [-0.4, -0.2) is 23.6 Å². The lowest BCUT2D eigenvalue weighted by Crippen LogP contribution is -2.54. The molecule has 1 saturated heterocycles. The molecule has 2 N–H and O–H groups in total. The van der Waals surface area contributed by atoms with E-state index in [2.05, 4.69) is 10.7 Å². The van der Waals surface area contributed by atoms with Crippen LogP contribution in [0.1, 0.15) is 24.0 Å². The first-order valence-corrected chi connectivity index (χ1v) is 8.84. The Hall–Kier alpha value is -2.30. The standard InChI is InChI=1S/C20H20ClN3O/c1-13-17(11-14-5-3-2-4-6-14)20(25)24-19(23-13)18(12-22-24)15-7-9-16(21)10-8-15/h2-10,18-19,22-23H,11-12H2,1H3. The summed E-state index contributed by atoms with van der Waals surface area (Å²) in [6, 6.07) is 17.9. The van der Waals surface area contributed by atoms with Gasteiger partial charge < -0.3 is 5.32 Å². The molecule has 0 saturated carbocycles. The number of allylic oxidation sites excluding steroid dienone is 1. The molecule has 0 aromatic heterocycles. The smallest absolute Gasteiger partial charge is 0.267 e. The van der Waals surface area contributed by atoms with Gasteiger partial charge in [0.25, 0.3) is 5.91 Å². The largest absolute Gasteiger partial charge is 0.367 e. The van der Waals surface area contributed by atoms with Gasteiger partial charge in [-0.3, -0.25) is 9.80 Å². The summed E-state index contributed by atoms with van der Waals surface area (Å²) >= 11 is 5.99. The predicted octanol–water partition coefficient (Wildman–Crippen LogP) is 3.22. The van der Waals surface area contributed by atoms with E-state index in [9.17, 15) is 4.79 Å². The van der Waals surface area contributed by atoms with Crippen LogP contribution in [-0.2, 0) is 11.2 Å². The number of halogens is 1. The first-order chi connectivity index (χ1) is 12.1. The van der Waals surface area contributed by atoms with Crippen LogP contribution in [0.3, 0.4) is 0 Å². The molecule has 2 heterocycles. The molecule has 2 aliphatic rings. The van der Waals surface area contributed by atoms with Crippen molar-refractivity contribution < 1.29 is 4.79 Å². The van der Waals surface area contributed by atoms with Crippen molar-refractivity contribution >= 4 is 17.5 Å². The molecule has 25 heavy (non-hydrogen) atoms. The summed E-state index contributed by atoms with van der Waals surface area (Å²) in [5.41, 5.74) is 7.34. The molecule has 1 amide bonds. The molecular formula is C20H20ClN3O. The average Bonchev–Trinajstić information content (AvgIpc) is 3.04. The number of fused-ring (bicyclic) bond motifs is 1. The number of carbonyl (C=O) groups is 1. The van der Waals surface area contributed by atoms with Crippen molar-refractivity contribution in [2.24, 2.45) is 0 Å². The SMILES string of the molecule is CC1=C(Cc2ccccc2)C(=O)N2NCC(c3ccc(Cl)cc3)C2N1. The second-order valence-electron chi connectivity index (χ2n) is 6.55. The van der Waals surface area contributed by atoms with Crippen LogP contribution in [0.15, 0.2) is 65.9 Å². The number of nitrogens with zero attached hydrogens (tertiary/aromatic N) is 1. The monoisotopic (exact) mass is 353 g/mol. The zero-order valence-corrected chi connectivity index (χ0v) is 14.8. The number of hydrogen-bond acceptors (Lipinski definition) is 3. The minimum Gasteiger partial charge on any atom is -0.367 e. The van der Waals surface area contributed by atoms with E-state index >= 15 is 0 Å². The predicted molar refractivity (Wildman–Crippen MR) is 98.8 cm³/mol. The molecule has 0 aliphatic carbocycles. The van der Waals surface area contributed by atoms with Crippen LogP contribution in [0, 0.1) is 0 Å². The lowest BCUT2D eigenvalue weighted by Gasteiger charge is -2.35. The van der Waals surface area contributed by atoms with Gasteiger partial charge in [0.1, 0.15) is 6.17 Å². The molecule has 2 aromatic rings. The third-order valence-electron chi connectivity index (χ3n) is 4.96. The lowest BCUT2D eigenvalue weighted by atomic mass is 9.94. The van der Waals surface area contributed by atoms with E-state index in [-0.39, 0.29) is 18.0 Å². The molecule has 2 unspecified atom stereocenters. The van der Waals surface area contributed by atoms with Crippen LogP contribution in [0.4, 0.5) is 0 Å². The molecule has 2 aromatic carbocycles. The molecular weight excluding hydrogens is 334 g/mol. The number of benzene rings is 2. The summed E-state index contributed by atoms with van der Waals surface area (Å²) in [6.07, 6.45) is 0.558. The molecule has 0 radical (unpaired) electrons. The number of carbonyl (C=O) groups excluding carboxylic acids is 1. The summed E-state index contributed by atoms with van der Waals surface area (Å²) in [5, 5.41) is 5.99. The Morgan fingerprint density at radius 1 is 1.12 bits per heavy atom. The third kappa shape index (κ3) is 3.03. The van der Waals surface area contributed by atoms with Crippen molar-refractivity contribution in [3.8, 4) is 0 Å². The molecule has 4 nitrogen and oxygen atoms in total. The van der Waals surface area contributed by atoms with Gasteiger partial charge in [0.2, 0.25) is 0 Å². The topological polar surface area (TPSA) is 44.4 Å². The summed E-state index contributed by atoms with van der Waals surface area (Å²) < 4.78 is 0. The minimum absolute atomic E-state index is 0.0570. The van der Waals surface area contributed by atoms with Gasteiger partial charge in [-0.15, -0.1) is 0 Å². The van der Waals surface area contributed by atoms with Crippen LogP contribution < -0.4 is 10.7 Å². The van der Waals surface area contributed by atoms with E-state index in [4.69, 9.17) is 11.6 Å². The Morgan fingerprint density at radius 3 is 2.56 bits per heavy atom. The summed E-state index contributed by atoms with van der Waals surface area (Å²) in [6.45, 7) is 2.71. The molecule has 2 atom stereocenters. The number of rotatable bonds is 3. The van der Waals surface area contributed by atoms with E-state index in [1.54, 1.807) is 5.01 Å². The van der Waals surface area contributed by atoms with Crippen molar-refractivity contribution in [3.63, 3.8) is 0 Å². The van der Waals surface area contributed by atoms with Crippen molar-refractivity contribution in [1.29, 1.82) is 0 Å². The fourth-order valence-corrected chi connectivity index (χ4v) is 3.71. The quantitative estimate of drug-likeness (QED) is 0.890. The number of hydrazine groups is 1. The normalized spacial score (nSPS) is 22.8. The summed E-state index contributed by atoms with van der Waals surface area (Å²) in [7, 11) is 0. The van der Waals surface area contributed by atoms with Gasteiger partial charge in [0.15, 0.2) is 0 Å². The van der Waals surface area contributed by atoms with Crippen LogP contribution in [0.5, 0.6) is 0 Å². The fourth-order valence-electron chi connectivity index (χ4n) is 3.58. The van der Waals surface area contributed by atoms with Crippen molar-refractivity contribution in [3.05, 3.63) is 82.0 Å². The summed E-state index contributed by atoms with van der Waals surface area (Å²) in [4.78, 5) is 13.0. The van der Waals surface area contributed by atoms with Gasteiger partial charge in [-0.2, -0.15) is 0 Å². The van der Waals surface area contributed by atoms with E-state index in [0.717, 1.165) is 28.4 Å². The van der Waals surface area contributed by atoms with E-state index in [0.29, 0.717) is 6.42 Å². The molecule has 0 bridgehead atoms. The minimum atomic E-state index is -0.0757. The molecule has 1 fully saturated rings. The summed E-state index contributed by atoms with van der Waals surface area (Å²) in [5.74, 6) is 0.246. The molecule has 4 rings (SSSR count). The van der Waals surface area contributed by atoms with Crippen molar-refractivity contribution in [2.75, 3.05) is 6.54 Å². The lowest BCUT2D eigenvalue weighted by molar-refractivity contribution is -0.132. The van der Waals surface area contributed by atoms with Crippen molar-refractivity contribution in [2.45, 2.75) is 25.4 Å². The van der Waals surface area contributed by atoms with Gasteiger partial charge >= 0.3 is 0 Å². The average molecular weight is 354 g/mol. The Bertz CT molecular complexity index is 817. The highest BCUT2D eigenvalue weighted by Gasteiger charge is 2.42. The second-order valence-corrected chi connectivity index (χ2v) is 6.99. The number of hydrogen-bond donors (Lipinski definition) is 2. The third-order valence-corrected chi connectivity index (χ3v) is 5.21. The highest BCUT2D eigenvalue weighted by atomic mass is 35.5. The maximum Gasteiger partial charge on any atom is 0.267 e. The number of amides is 1. The van der Waals surface area contributed by atoms with Gasteiger partial charge in [-0.25, -0.2) is 5.43 Å². The van der Waals surface area contributed by atoms with Gasteiger partial charge in [-0.05, 0) is 30.2 Å². The van der Waals surface area contributed by atoms with Crippen molar-refractivity contribution in [1.82, 2.24) is 15.8 Å². The molecule has 128 valence electrons. The van der Waals surface area contributed by atoms with E-state index in [1.807, 2.05) is 61.5 Å². The molecule has 2 aliphatic heterocycles. The zero-order valence-electron chi connectivity index (χ0n) is 14.0. The van der Waals surface area contributed by atoms with Crippen LogP contribution in [0.2, 0.25) is 5.02 Å². The highest BCUT2D eigenvalue weighted by molar-refractivity contribution is 6.30. The Morgan fingerprint density at radius 2 is 1.84 bits per heavy atom. The first-order valence-electron chi connectivity index (χ1n) is 8.46. The first kappa shape index (κ1) is 16.2. The maximum absolute atomic E-state index is 13.0. The zero-order chi connectivity index (χ0) is 17.4. The molecule has 0 spiro atoms. The van der Waals surface area contributed by atoms with Gasteiger partial charge in [0.05, 0.1) is 0 Å².